The molecule has 1 nitrogen and oxygen atoms in total. The lowest BCUT2D eigenvalue weighted by molar-refractivity contribution is 0.120. The highest BCUT2D eigenvalue weighted by Gasteiger charge is 2.23. The van der Waals surface area contributed by atoms with Gasteiger partial charge in [-0.1, -0.05) is 51.6 Å². The smallest absolute Gasteiger partial charge is 0.126 e. The third-order valence-electron chi connectivity index (χ3n) is 4.06. The van der Waals surface area contributed by atoms with Crippen molar-refractivity contribution in [2.75, 3.05) is 0 Å². The van der Waals surface area contributed by atoms with Crippen molar-refractivity contribution in [1.29, 1.82) is 0 Å². The van der Waals surface area contributed by atoms with E-state index in [2.05, 4.69) is 57.8 Å². The molecule has 106 valence electrons. The fraction of sp³-hybridized carbons (Fsp3) is 0.625. The maximum absolute atomic E-state index is 6.34. The van der Waals surface area contributed by atoms with Crippen LogP contribution in [0.4, 0.5) is 0 Å². The molecule has 0 N–H and O–H groups in total. The van der Waals surface area contributed by atoms with Crippen LogP contribution in [0.15, 0.2) is 16.6 Å². The lowest BCUT2D eigenvalue weighted by Gasteiger charge is -2.30. The molecule has 1 aliphatic rings. The van der Waals surface area contributed by atoms with Crippen LogP contribution in [0.1, 0.15) is 50.2 Å². The second-order valence-electron chi connectivity index (χ2n) is 5.53. The zero-order chi connectivity index (χ0) is 13.8. The summed E-state index contributed by atoms with van der Waals surface area (Å²) in [7, 11) is 0. The Kier molecular flexibility index (Phi) is 5.76. The van der Waals surface area contributed by atoms with Gasteiger partial charge in [0.05, 0.1) is 6.10 Å². The molecule has 1 fully saturated rings. The average Bonchev–Trinajstić information content (AvgIpc) is 2.41. The van der Waals surface area contributed by atoms with E-state index in [9.17, 15) is 0 Å². The average molecular weight is 390 g/mol. The van der Waals surface area contributed by atoms with Crippen LogP contribution in [-0.2, 0) is 5.33 Å². The largest absolute Gasteiger partial charge is 0.490 e. The molecule has 19 heavy (non-hydrogen) atoms. The van der Waals surface area contributed by atoms with Crippen LogP contribution in [-0.4, -0.2) is 6.10 Å². The van der Waals surface area contributed by atoms with E-state index in [1.165, 1.54) is 43.2 Å². The van der Waals surface area contributed by atoms with Gasteiger partial charge in [-0.2, -0.15) is 0 Å². The molecule has 0 amide bonds. The number of rotatable bonds is 4. The van der Waals surface area contributed by atoms with Crippen LogP contribution in [0.25, 0.3) is 0 Å². The summed E-state index contributed by atoms with van der Waals surface area (Å²) in [6.07, 6.45) is 6.78. The quantitative estimate of drug-likeness (QED) is 0.573. The van der Waals surface area contributed by atoms with Gasteiger partial charge in [-0.05, 0) is 49.8 Å². The Hall–Kier alpha value is -0.0200. The Morgan fingerprint density at radius 1 is 1.32 bits per heavy atom. The predicted octanol–water partition coefficient (Wildman–Crippen LogP) is 6.00. The van der Waals surface area contributed by atoms with Crippen LogP contribution in [0, 0.1) is 12.8 Å². The monoisotopic (exact) mass is 388 g/mol. The van der Waals surface area contributed by atoms with Crippen molar-refractivity contribution in [3.8, 4) is 5.75 Å². The van der Waals surface area contributed by atoms with Gasteiger partial charge < -0.3 is 4.74 Å². The van der Waals surface area contributed by atoms with Crippen LogP contribution in [0.5, 0.6) is 5.75 Å². The van der Waals surface area contributed by atoms with Gasteiger partial charge in [0.2, 0.25) is 0 Å². The summed E-state index contributed by atoms with van der Waals surface area (Å²) in [5, 5.41) is 0.840. The van der Waals surface area contributed by atoms with Gasteiger partial charge in [0.1, 0.15) is 5.75 Å². The standard InChI is InChI=1S/C16H22Br2O/c1-3-12-5-4-6-15(8-12)19-16-11(2)7-14(18)9-13(16)10-17/h7,9,12,15H,3-6,8,10H2,1-2H3. The number of halogens is 2. The van der Waals surface area contributed by atoms with Crippen molar-refractivity contribution < 1.29 is 4.74 Å². The maximum atomic E-state index is 6.34. The van der Waals surface area contributed by atoms with Crippen LogP contribution >= 0.6 is 31.9 Å². The third kappa shape index (κ3) is 3.98. The second kappa shape index (κ2) is 7.12. The summed E-state index contributed by atoms with van der Waals surface area (Å²) in [6, 6.07) is 4.29. The van der Waals surface area contributed by atoms with Crippen molar-refractivity contribution >= 4 is 31.9 Å². The number of hydrogen-bond acceptors (Lipinski definition) is 1. The van der Waals surface area contributed by atoms with Gasteiger partial charge in [-0.15, -0.1) is 0 Å². The number of alkyl halides is 1. The molecule has 2 unspecified atom stereocenters. The molecule has 1 aromatic carbocycles. The SMILES string of the molecule is CCC1CCCC(Oc2c(C)cc(Br)cc2CBr)C1. The first-order valence-corrected chi connectivity index (χ1v) is 9.07. The minimum absolute atomic E-state index is 0.399. The van der Waals surface area contributed by atoms with Gasteiger partial charge in [0.25, 0.3) is 0 Å². The van der Waals surface area contributed by atoms with Crippen molar-refractivity contribution in [2.45, 2.75) is 57.4 Å². The third-order valence-corrected chi connectivity index (χ3v) is 5.12. The highest BCUT2D eigenvalue weighted by Crippen LogP contribution is 2.34. The molecule has 1 aromatic rings. The normalized spacial score (nSPS) is 23.4. The van der Waals surface area contributed by atoms with Gasteiger partial charge in [0.15, 0.2) is 0 Å². The molecule has 2 atom stereocenters. The number of benzene rings is 1. The minimum Gasteiger partial charge on any atom is -0.490 e. The summed E-state index contributed by atoms with van der Waals surface area (Å²) in [5.41, 5.74) is 2.47. The topological polar surface area (TPSA) is 9.23 Å². The van der Waals surface area contributed by atoms with E-state index in [-0.39, 0.29) is 0 Å². The maximum Gasteiger partial charge on any atom is 0.126 e. The number of aryl methyl sites for hydroxylation is 1. The van der Waals surface area contributed by atoms with Crippen molar-refractivity contribution in [3.63, 3.8) is 0 Å². The molecule has 0 radical (unpaired) electrons. The Morgan fingerprint density at radius 3 is 2.79 bits per heavy atom. The fourth-order valence-corrected chi connectivity index (χ4v) is 3.99. The molecule has 0 saturated heterocycles. The summed E-state index contributed by atoms with van der Waals surface area (Å²) < 4.78 is 7.47. The van der Waals surface area contributed by atoms with Crippen LogP contribution in [0.2, 0.25) is 0 Å². The van der Waals surface area contributed by atoms with Gasteiger partial charge in [0, 0.05) is 15.4 Å². The number of hydrogen-bond donors (Lipinski definition) is 0. The van der Waals surface area contributed by atoms with Crippen molar-refractivity contribution in [2.24, 2.45) is 5.92 Å². The van der Waals surface area contributed by atoms with Crippen molar-refractivity contribution in [1.82, 2.24) is 0 Å². The molecule has 0 aromatic heterocycles. The molecule has 0 bridgehead atoms. The molecular weight excluding hydrogens is 368 g/mol. The molecule has 1 saturated carbocycles. The highest BCUT2D eigenvalue weighted by atomic mass is 79.9. The highest BCUT2D eigenvalue weighted by molar-refractivity contribution is 9.10. The molecule has 2 rings (SSSR count). The molecule has 0 aliphatic heterocycles. The molecule has 3 heteroatoms. The molecule has 0 heterocycles. The number of ether oxygens (including phenoxy) is 1. The molecule has 1 aliphatic carbocycles. The first kappa shape index (κ1) is 15.4. The lowest BCUT2D eigenvalue weighted by atomic mass is 9.85. The fourth-order valence-electron chi connectivity index (χ4n) is 2.95. The minimum atomic E-state index is 0.399. The predicted molar refractivity (Wildman–Crippen MR) is 88.2 cm³/mol. The second-order valence-corrected chi connectivity index (χ2v) is 7.00. The van der Waals surface area contributed by atoms with Gasteiger partial charge in [-0.25, -0.2) is 0 Å². The van der Waals surface area contributed by atoms with E-state index >= 15 is 0 Å². The van der Waals surface area contributed by atoms with Gasteiger partial charge in [-0.3, -0.25) is 0 Å². The molecular formula is C16H22Br2O. The van der Waals surface area contributed by atoms with Crippen LogP contribution in [0.3, 0.4) is 0 Å². The van der Waals surface area contributed by atoms with E-state index in [1.54, 1.807) is 0 Å². The first-order valence-electron chi connectivity index (χ1n) is 7.15. The van der Waals surface area contributed by atoms with E-state index in [0.29, 0.717) is 6.10 Å². The van der Waals surface area contributed by atoms with E-state index < -0.39 is 0 Å². The summed E-state index contributed by atoms with van der Waals surface area (Å²) in [6.45, 7) is 4.42. The lowest BCUT2D eigenvalue weighted by Crippen LogP contribution is -2.25. The Morgan fingerprint density at radius 2 is 2.11 bits per heavy atom. The summed E-state index contributed by atoms with van der Waals surface area (Å²) >= 11 is 7.12. The van der Waals surface area contributed by atoms with E-state index in [1.807, 2.05) is 0 Å². The Balaban J connectivity index is 2.14. The summed E-state index contributed by atoms with van der Waals surface area (Å²) in [4.78, 5) is 0. The van der Waals surface area contributed by atoms with E-state index in [4.69, 9.17) is 4.74 Å². The zero-order valence-electron chi connectivity index (χ0n) is 11.7. The van der Waals surface area contributed by atoms with E-state index in [0.717, 1.165) is 21.5 Å². The van der Waals surface area contributed by atoms with Crippen LogP contribution < -0.4 is 4.74 Å². The molecule has 0 spiro atoms. The van der Waals surface area contributed by atoms with Gasteiger partial charge >= 0.3 is 0 Å². The zero-order valence-corrected chi connectivity index (χ0v) is 14.9. The summed E-state index contributed by atoms with van der Waals surface area (Å²) in [5.74, 6) is 1.93. The Labute approximate surface area is 133 Å². The Bertz CT molecular complexity index is 431. The van der Waals surface area contributed by atoms with Crippen molar-refractivity contribution in [3.05, 3.63) is 27.7 Å². The first-order chi connectivity index (χ1) is 9.13.